The molecule has 0 spiro atoms. The second-order valence-corrected chi connectivity index (χ2v) is 4.60. The van der Waals surface area contributed by atoms with Crippen molar-refractivity contribution in [3.05, 3.63) is 35.9 Å². The lowest BCUT2D eigenvalue weighted by Gasteiger charge is -2.24. The number of Topliss-reactive ketones (excluding diaryl/α,β-unsaturated/α-hetero) is 1. The minimum Gasteiger partial charge on any atom is -0.456 e. The maximum atomic E-state index is 11.7. The Labute approximate surface area is 114 Å². The quantitative estimate of drug-likeness (QED) is 0.767. The van der Waals surface area contributed by atoms with Crippen LogP contribution in [0.15, 0.2) is 30.3 Å². The van der Waals surface area contributed by atoms with Crippen LogP contribution in [0.2, 0.25) is 0 Å². The van der Waals surface area contributed by atoms with E-state index in [0.717, 1.165) is 5.56 Å². The molecule has 0 saturated carbocycles. The van der Waals surface area contributed by atoms with Crippen molar-refractivity contribution in [1.82, 2.24) is 5.32 Å². The zero-order chi connectivity index (χ0) is 14.3. The smallest absolute Gasteiger partial charge is 0.306 e. The molecule has 0 aliphatic carbocycles. The van der Waals surface area contributed by atoms with Crippen LogP contribution in [0, 0.1) is 0 Å². The molecule has 2 atom stereocenters. The Balaban J connectivity index is 2.71. The van der Waals surface area contributed by atoms with Crippen molar-refractivity contribution in [1.29, 1.82) is 0 Å². The summed E-state index contributed by atoms with van der Waals surface area (Å²) in [5, 5.41) is 3.09. The summed E-state index contributed by atoms with van der Waals surface area (Å²) in [7, 11) is 1.82. The normalized spacial score (nSPS) is 13.6. The van der Waals surface area contributed by atoms with Crippen molar-refractivity contribution in [2.24, 2.45) is 0 Å². The molecule has 0 fully saturated rings. The molecule has 4 nitrogen and oxygen atoms in total. The van der Waals surface area contributed by atoms with Crippen LogP contribution < -0.4 is 5.32 Å². The van der Waals surface area contributed by atoms with E-state index >= 15 is 0 Å². The van der Waals surface area contributed by atoms with Crippen molar-refractivity contribution < 1.29 is 14.3 Å². The summed E-state index contributed by atoms with van der Waals surface area (Å²) in [6, 6.07) is 9.60. The van der Waals surface area contributed by atoms with Gasteiger partial charge in [-0.3, -0.25) is 4.79 Å². The Kier molecular flexibility index (Phi) is 6.22. The first-order valence-corrected chi connectivity index (χ1v) is 6.45. The third-order valence-electron chi connectivity index (χ3n) is 2.98. The molecule has 19 heavy (non-hydrogen) atoms. The van der Waals surface area contributed by atoms with Gasteiger partial charge in [-0.1, -0.05) is 30.3 Å². The van der Waals surface area contributed by atoms with E-state index in [1.807, 2.05) is 44.3 Å². The van der Waals surface area contributed by atoms with Crippen LogP contribution in [-0.4, -0.2) is 24.8 Å². The van der Waals surface area contributed by atoms with E-state index in [1.54, 1.807) is 0 Å². The largest absolute Gasteiger partial charge is 0.456 e. The molecule has 1 N–H and O–H groups in total. The molecule has 0 aliphatic heterocycles. The number of carbonyl (C=O) groups is 2. The molecule has 0 aromatic heterocycles. The predicted octanol–water partition coefficient (Wildman–Crippen LogP) is 2.25. The van der Waals surface area contributed by atoms with Gasteiger partial charge in [0.1, 0.15) is 11.9 Å². The van der Waals surface area contributed by atoms with E-state index in [2.05, 4.69) is 5.32 Å². The van der Waals surface area contributed by atoms with Crippen LogP contribution in [0.3, 0.4) is 0 Å². The zero-order valence-electron chi connectivity index (χ0n) is 11.7. The van der Waals surface area contributed by atoms with Crippen LogP contribution in [0.4, 0.5) is 0 Å². The fraction of sp³-hybridized carbons (Fsp3) is 0.467. The Hall–Kier alpha value is -1.68. The number of likely N-dealkylation sites (N-methyl/N-ethyl adjacent to an activating group) is 1. The number of ether oxygens (including phenoxy) is 1. The Morgan fingerprint density at radius 1 is 1.21 bits per heavy atom. The molecule has 0 radical (unpaired) electrons. The van der Waals surface area contributed by atoms with Gasteiger partial charge in [-0.05, 0) is 26.5 Å². The fourth-order valence-electron chi connectivity index (χ4n) is 1.73. The second kappa shape index (κ2) is 7.69. The lowest BCUT2D eigenvalue weighted by atomic mass is 10.0. The van der Waals surface area contributed by atoms with E-state index in [0.29, 0.717) is 0 Å². The van der Waals surface area contributed by atoms with Gasteiger partial charge in [-0.15, -0.1) is 0 Å². The van der Waals surface area contributed by atoms with Gasteiger partial charge in [0, 0.05) is 12.5 Å². The maximum absolute atomic E-state index is 11.7. The van der Waals surface area contributed by atoms with E-state index in [4.69, 9.17) is 4.74 Å². The van der Waals surface area contributed by atoms with Crippen LogP contribution in [0.1, 0.15) is 38.4 Å². The molecule has 2 unspecified atom stereocenters. The summed E-state index contributed by atoms with van der Waals surface area (Å²) in [6.07, 6.45) is 0.0225. The van der Waals surface area contributed by atoms with Crippen molar-refractivity contribution in [3.63, 3.8) is 0 Å². The first-order chi connectivity index (χ1) is 9.04. The van der Waals surface area contributed by atoms with E-state index in [-0.39, 0.29) is 36.7 Å². The van der Waals surface area contributed by atoms with Crippen LogP contribution >= 0.6 is 0 Å². The van der Waals surface area contributed by atoms with Gasteiger partial charge < -0.3 is 14.8 Å². The minimum atomic E-state index is -0.342. The lowest BCUT2D eigenvalue weighted by molar-refractivity contribution is -0.151. The molecule has 4 heteroatoms. The number of carbonyl (C=O) groups excluding carboxylic acids is 2. The van der Waals surface area contributed by atoms with Gasteiger partial charge in [-0.2, -0.15) is 0 Å². The van der Waals surface area contributed by atoms with Gasteiger partial charge >= 0.3 is 5.97 Å². The molecular weight excluding hydrogens is 242 g/mol. The number of hydrogen-bond donors (Lipinski definition) is 1. The number of hydrogen-bond acceptors (Lipinski definition) is 4. The number of nitrogens with one attached hydrogen (secondary N) is 1. The summed E-state index contributed by atoms with van der Waals surface area (Å²) >= 11 is 0. The summed E-state index contributed by atoms with van der Waals surface area (Å²) in [5.74, 6) is -0.346. The summed E-state index contributed by atoms with van der Waals surface area (Å²) in [4.78, 5) is 22.6. The van der Waals surface area contributed by atoms with Crippen molar-refractivity contribution in [2.45, 2.75) is 38.8 Å². The second-order valence-electron chi connectivity index (χ2n) is 4.60. The minimum absolute atomic E-state index is 0.00341. The average molecular weight is 263 g/mol. The third-order valence-corrected chi connectivity index (χ3v) is 2.98. The SMILES string of the molecule is CNC(C)C(OC(=O)CCC(C)=O)c1ccccc1. The summed E-state index contributed by atoms with van der Waals surface area (Å²) in [6.45, 7) is 3.42. The van der Waals surface area contributed by atoms with E-state index < -0.39 is 0 Å². The van der Waals surface area contributed by atoms with Crippen molar-refractivity contribution in [2.75, 3.05) is 7.05 Å². The van der Waals surface area contributed by atoms with Gasteiger partial charge in [0.25, 0.3) is 0 Å². The van der Waals surface area contributed by atoms with Crippen LogP contribution in [0.25, 0.3) is 0 Å². The number of esters is 1. The van der Waals surface area contributed by atoms with Crippen LogP contribution in [0.5, 0.6) is 0 Å². The molecule has 1 rings (SSSR count). The van der Waals surface area contributed by atoms with Crippen molar-refractivity contribution in [3.8, 4) is 0 Å². The van der Waals surface area contributed by atoms with Crippen LogP contribution in [-0.2, 0) is 14.3 Å². The maximum Gasteiger partial charge on any atom is 0.306 e. The molecule has 0 heterocycles. The highest BCUT2D eigenvalue weighted by Gasteiger charge is 2.22. The van der Waals surface area contributed by atoms with Gasteiger partial charge in [0.15, 0.2) is 0 Å². The molecular formula is C15H21NO3. The number of rotatable bonds is 7. The molecule has 104 valence electrons. The zero-order valence-corrected chi connectivity index (χ0v) is 11.7. The predicted molar refractivity (Wildman–Crippen MR) is 73.7 cm³/mol. The van der Waals surface area contributed by atoms with Gasteiger partial charge in [0.2, 0.25) is 0 Å². The van der Waals surface area contributed by atoms with Crippen molar-refractivity contribution >= 4 is 11.8 Å². The Morgan fingerprint density at radius 3 is 2.37 bits per heavy atom. The topological polar surface area (TPSA) is 55.4 Å². The average Bonchev–Trinajstić information content (AvgIpc) is 2.42. The molecule has 1 aromatic carbocycles. The lowest BCUT2D eigenvalue weighted by Crippen LogP contribution is -2.32. The molecule has 0 amide bonds. The summed E-state index contributed by atoms with van der Waals surface area (Å²) < 4.78 is 5.49. The van der Waals surface area contributed by atoms with E-state index in [9.17, 15) is 9.59 Å². The highest BCUT2D eigenvalue weighted by atomic mass is 16.5. The highest BCUT2D eigenvalue weighted by molar-refractivity contribution is 5.81. The highest BCUT2D eigenvalue weighted by Crippen LogP contribution is 2.22. The molecule has 0 aliphatic rings. The Morgan fingerprint density at radius 2 is 1.84 bits per heavy atom. The third kappa shape index (κ3) is 5.22. The number of ketones is 1. The van der Waals surface area contributed by atoms with E-state index in [1.165, 1.54) is 6.92 Å². The molecule has 1 aromatic rings. The van der Waals surface area contributed by atoms with Gasteiger partial charge in [0.05, 0.1) is 6.42 Å². The molecule has 0 bridgehead atoms. The first kappa shape index (κ1) is 15.4. The molecule has 0 saturated heterocycles. The number of benzene rings is 1. The Bertz CT molecular complexity index is 417. The summed E-state index contributed by atoms with van der Waals surface area (Å²) in [5.41, 5.74) is 0.945. The standard InChI is InChI=1S/C15H21NO3/c1-11(17)9-10-14(18)19-15(12(2)16-3)13-7-5-4-6-8-13/h4-8,12,15-16H,9-10H2,1-3H3. The monoisotopic (exact) mass is 263 g/mol. The van der Waals surface area contributed by atoms with Gasteiger partial charge in [-0.25, -0.2) is 0 Å². The fourth-order valence-corrected chi connectivity index (χ4v) is 1.73. The first-order valence-electron chi connectivity index (χ1n) is 6.45.